The minimum atomic E-state index is 0.246. The molecular formula is C8H11NOS. The van der Waals surface area contributed by atoms with E-state index in [4.69, 9.17) is 0 Å². The average Bonchev–Trinajstić information content (AvgIpc) is 2.31. The highest BCUT2D eigenvalue weighted by atomic mass is 32.1. The molecule has 0 atom stereocenters. The van der Waals surface area contributed by atoms with Crippen molar-refractivity contribution in [2.24, 2.45) is 0 Å². The van der Waals surface area contributed by atoms with Gasteiger partial charge in [-0.15, -0.1) is 11.3 Å². The summed E-state index contributed by atoms with van der Waals surface area (Å²) in [6, 6.07) is 0. The lowest BCUT2D eigenvalue weighted by Crippen LogP contribution is -1.91. The lowest BCUT2D eigenvalue weighted by atomic mass is 10.2. The standard InChI is InChI=1S/C8H11NOS/c1-6(10)3-4-8-5-9-7(2)11-8/h5H,3-4H2,1-2H3. The van der Waals surface area contributed by atoms with Crippen molar-refractivity contribution in [3.8, 4) is 0 Å². The summed E-state index contributed by atoms with van der Waals surface area (Å²) < 4.78 is 0. The number of rotatable bonds is 3. The van der Waals surface area contributed by atoms with Gasteiger partial charge < -0.3 is 4.79 Å². The van der Waals surface area contributed by atoms with E-state index in [9.17, 15) is 4.79 Å². The highest BCUT2D eigenvalue weighted by Crippen LogP contribution is 2.13. The van der Waals surface area contributed by atoms with Gasteiger partial charge in [-0.3, -0.25) is 0 Å². The molecule has 3 heteroatoms. The first-order chi connectivity index (χ1) is 5.18. The number of nitrogens with zero attached hydrogens (tertiary/aromatic N) is 1. The second kappa shape index (κ2) is 3.62. The van der Waals surface area contributed by atoms with Crippen molar-refractivity contribution < 1.29 is 4.79 Å². The van der Waals surface area contributed by atoms with E-state index in [1.54, 1.807) is 18.3 Å². The van der Waals surface area contributed by atoms with Crippen LogP contribution in [0, 0.1) is 6.92 Å². The van der Waals surface area contributed by atoms with E-state index in [1.807, 2.05) is 13.1 Å². The monoisotopic (exact) mass is 169 g/mol. The summed E-state index contributed by atoms with van der Waals surface area (Å²) in [5, 5.41) is 1.07. The lowest BCUT2D eigenvalue weighted by Gasteiger charge is -1.89. The predicted octanol–water partition coefficient (Wildman–Crippen LogP) is 1.97. The number of carbonyl (C=O) groups is 1. The molecule has 0 fully saturated rings. The Balaban J connectivity index is 2.45. The number of thiazole rings is 1. The molecule has 11 heavy (non-hydrogen) atoms. The summed E-state index contributed by atoms with van der Waals surface area (Å²) in [5.41, 5.74) is 0. The van der Waals surface area contributed by atoms with E-state index < -0.39 is 0 Å². The second-order valence-corrected chi connectivity index (χ2v) is 3.87. The molecule has 0 spiro atoms. The number of Topliss-reactive ketones (excluding diaryl/α,β-unsaturated/α-hetero) is 1. The van der Waals surface area contributed by atoms with Crippen LogP contribution in [0.3, 0.4) is 0 Å². The zero-order chi connectivity index (χ0) is 8.27. The zero-order valence-electron chi connectivity index (χ0n) is 6.76. The molecule has 0 amide bonds. The van der Waals surface area contributed by atoms with Crippen LogP contribution in [0.5, 0.6) is 0 Å². The molecule has 1 rings (SSSR count). The minimum Gasteiger partial charge on any atom is -0.300 e. The van der Waals surface area contributed by atoms with Crippen molar-refractivity contribution in [3.05, 3.63) is 16.1 Å². The Bertz CT molecular complexity index is 254. The SMILES string of the molecule is CC(=O)CCc1cnc(C)s1. The third-order valence-corrected chi connectivity index (χ3v) is 2.37. The normalized spacial score (nSPS) is 10.0. The van der Waals surface area contributed by atoms with Crippen LogP contribution in [0.25, 0.3) is 0 Å². The molecule has 0 aliphatic rings. The maximum absolute atomic E-state index is 10.6. The molecule has 60 valence electrons. The van der Waals surface area contributed by atoms with Gasteiger partial charge in [0.15, 0.2) is 0 Å². The maximum Gasteiger partial charge on any atom is 0.130 e. The van der Waals surface area contributed by atoms with Gasteiger partial charge in [0.25, 0.3) is 0 Å². The summed E-state index contributed by atoms with van der Waals surface area (Å²) >= 11 is 1.67. The van der Waals surface area contributed by atoms with Crippen LogP contribution < -0.4 is 0 Å². The van der Waals surface area contributed by atoms with E-state index >= 15 is 0 Å². The summed E-state index contributed by atoms with van der Waals surface area (Å²) in [6.07, 6.45) is 3.34. The van der Waals surface area contributed by atoms with Gasteiger partial charge >= 0.3 is 0 Å². The molecule has 0 aliphatic carbocycles. The first kappa shape index (κ1) is 8.40. The fourth-order valence-electron chi connectivity index (χ4n) is 0.820. The van der Waals surface area contributed by atoms with Crippen LogP contribution in [-0.2, 0) is 11.2 Å². The Hall–Kier alpha value is -0.700. The molecule has 1 aromatic heterocycles. The minimum absolute atomic E-state index is 0.246. The van der Waals surface area contributed by atoms with Crippen LogP contribution in [-0.4, -0.2) is 10.8 Å². The highest BCUT2D eigenvalue weighted by Gasteiger charge is 1.99. The Morgan fingerprint density at radius 3 is 2.91 bits per heavy atom. The summed E-state index contributed by atoms with van der Waals surface area (Å²) in [7, 11) is 0. The van der Waals surface area contributed by atoms with Crippen molar-refractivity contribution in [1.29, 1.82) is 0 Å². The number of hydrogen-bond acceptors (Lipinski definition) is 3. The molecule has 0 bridgehead atoms. The fourth-order valence-corrected chi connectivity index (χ4v) is 1.61. The van der Waals surface area contributed by atoms with Gasteiger partial charge in [0.1, 0.15) is 5.78 Å². The smallest absolute Gasteiger partial charge is 0.130 e. The van der Waals surface area contributed by atoms with Gasteiger partial charge in [-0.25, -0.2) is 4.98 Å². The molecule has 0 saturated heterocycles. The average molecular weight is 169 g/mol. The van der Waals surface area contributed by atoms with Crippen LogP contribution in [0.2, 0.25) is 0 Å². The largest absolute Gasteiger partial charge is 0.300 e. The van der Waals surface area contributed by atoms with Gasteiger partial charge in [0.05, 0.1) is 5.01 Å². The number of ketones is 1. The summed E-state index contributed by atoms with van der Waals surface area (Å²) in [4.78, 5) is 15.9. The molecule has 0 N–H and O–H groups in total. The second-order valence-electron chi connectivity index (χ2n) is 2.55. The fraction of sp³-hybridized carbons (Fsp3) is 0.500. The Morgan fingerprint density at radius 2 is 2.45 bits per heavy atom. The molecule has 0 unspecified atom stereocenters. The number of aryl methyl sites for hydroxylation is 2. The Labute approximate surface area is 70.3 Å². The molecule has 0 radical (unpaired) electrons. The maximum atomic E-state index is 10.6. The van der Waals surface area contributed by atoms with Gasteiger partial charge in [-0.2, -0.15) is 0 Å². The van der Waals surface area contributed by atoms with E-state index in [-0.39, 0.29) is 5.78 Å². The predicted molar refractivity (Wildman–Crippen MR) is 45.9 cm³/mol. The van der Waals surface area contributed by atoms with Crippen LogP contribution >= 0.6 is 11.3 Å². The first-order valence-corrected chi connectivity index (χ1v) is 4.41. The van der Waals surface area contributed by atoms with Gasteiger partial charge in [0, 0.05) is 17.5 Å². The van der Waals surface area contributed by atoms with Crippen LogP contribution in [0.1, 0.15) is 23.2 Å². The van der Waals surface area contributed by atoms with E-state index in [1.165, 1.54) is 4.88 Å². The lowest BCUT2D eigenvalue weighted by molar-refractivity contribution is -0.116. The number of hydrogen-bond donors (Lipinski definition) is 0. The van der Waals surface area contributed by atoms with Crippen molar-refractivity contribution in [3.63, 3.8) is 0 Å². The topological polar surface area (TPSA) is 30.0 Å². The molecular weight excluding hydrogens is 158 g/mol. The molecule has 0 aromatic carbocycles. The van der Waals surface area contributed by atoms with Gasteiger partial charge in [-0.1, -0.05) is 0 Å². The molecule has 0 saturated carbocycles. The molecule has 1 heterocycles. The number of carbonyl (C=O) groups excluding carboxylic acids is 1. The summed E-state index contributed by atoms with van der Waals surface area (Å²) in [5.74, 6) is 0.246. The third-order valence-electron chi connectivity index (χ3n) is 1.39. The third kappa shape index (κ3) is 2.80. The number of aromatic nitrogens is 1. The van der Waals surface area contributed by atoms with Crippen molar-refractivity contribution in [2.45, 2.75) is 26.7 Å². The van der Waals surface area contributed by atoms with Crippen LogP contribution in [0.15, 0.2) is 6.20 Å². The summed E-state index contributed by atoms with van der Waals surface area (Å²) in [6.45, 7) is 3.59. The first-order valence-electron chi connectivity index (χ1n) is 3.59. The van der Waals surface area contributed by atoms with E-state index in [0.29, 0.717) is 6.42 Å². The van der Waals surface area contributed by atoms with Gasteiger partial charge in [-0.05, 0) is 20.3 Å². The Kier molecular flexibility index (Phi) is 2.76. The van der Waals surface area contributed by atoms with E-state index in [0.717, 1.165) is 11.4 Å². The molecule has 2 nitrogen and oxygen atoms in total. The highest BCUT2D eigenvalue weighted by molar-refractivity contribution is 7.11. The van der Waals surface area contributed by atoms with Crippen molar-refractivity contribution in [2.75, 3.05) is 0 Å². The Morgan fingerprint density at radius 1 is 1.73 bits per heavy atom. The molecule has 1 aromatic rings. The van der Waals surface area contributed by atoms with E-state index in [2.05, 4.69) is 4.98 Å². The van der Waals surface area contributed by atoms with Crippen molar-refractivity contribution >= 4 is 17.1 Å². The zero-order valence-corrected chi connectivity index (χ0v) is 7.57. The van der Waals surface area contributed by atoms with Crippen molar-refractivity contribution in [1.82, 2.24) is 4.98 Å². The quantitative estimate of drug-likeness (QED) is 0.692. The molecule has 0 aliphatic heterocycles. The van der Waals surface area contributed by atoms with Crippen LogP contribution in [0.4, 0.5) is 0 Å². The van der Waals surface area contributed by atoms with Gasteiger partial charge in [0.2, 0.25) is 0 Å².